The fraction of sp³-hybridized carbons (Fsp3) is 0.333. The number of aryl methyl sites for hydroxylation is 2. The summed E-state index contributed by atoms with van der Waals surface area (Å²) in [5, 5.41) is 4.52. The summed E-state index contributed by atoms with van der Waals surface area (Å²) in [6, 6.07) is 4.00. The van der Waals surface area contributed by atoms with Crippen molar-refractivity contribution in [1.82, 2.24) is 9.97 Å². The van der Waals surface area contributed by atoms with Crippen LogP contribution in [0.5, 0.6) is 0 Å². The Bertz CT molecular complexity index is 465. The van der Waals surface area contributed by atoms with Crippen LogP contribution in [0.3, 0.4) is 0 Å². The van der Waals surface area contributed by atoms with Gasteiger partial charge < -0.3 is 5.32 Å². The molecule has 1 N–H and O–H groups in total. The lowest BCUT2D eigenvalue weighted by Gasteiger charge is -2.05. The van der Waals surface area contributed by atoms with Gasteiger partial charge in [0.05, 0.1) is 11.6 Å². The highest BCUT2D eigenvalue weighted by atomic mass is 32.1. The van der Waals surface area contributed by atoms with Crippen LogP contribution in [-0.2, 0) is 13.0 Å². The fourth-order valence-electron chi connectivity index (χ4n) is 1.43. The van der Waals surface area contributed by atoms with Crippen molar-refractivity contribution in [2.24, 2.45) is 0 Å². The molecule has 0 amide bonds. The van der Waals surface area contributed by atoms with Crippen LogP contribution in [0.4, 0.5) is 5.82 Å². The number of aromatic nitrogens is 2. The Hall–Kier alpha value is -1.42. The van der Waals surface area contributed by atoms with Gasteiger partial charge in [-0.1, -0.05) is 13.0 Å². The molecule has 0 saturated carbocycles. The minimum Gasteiger partial charge on any atom is -0.365 e. The second-order valence-electron chi connectivity index (χ2n) is 3.60. The largest absolute Gasteiger partial charge is 0.365 e. The molecule has 2 heterocycles. The number of anilines is 1. The van der Waals surface area contributed by atoms with E-state index in [9.17, 15) is 0 Å². The van der Waals surface area contributed by atoms with Gasteiger partial charge in [-0.15, -0.1) is 11.3 Å². The van der Waals surface area contributed by atoms with E-state index in [0.29, 0.717) is 0 Å². The summed E-state index contributed by atoms with van der Waals surface area (Å²) in [5.74, 6) is 0.953. The molecule has 0 aliphatic heterocycles. The van der Waals surface area contributed by atoms with Crippen molar-refractivity contribution in [3.63, 3.8) is 0 Å². The highest BCUT2D eigenvalue weighted by Gasteiger charge is 2.01. The normalized spacial score (nSPS) is 10.4. The zero-order valence-electron chi connectivity index (χ0n) is 9.53. The number of pyridine rings is 1. The van der Waals surface area contributed by atoms with Crippen LogP contribution in [0.1, 0.15) is 22.4 Å². The topological polar surface area (TPSA) is 37.8 Å². The molecular formula is C12H15N3S. The van der Waals surface area contributed by atoms with Gasteiger partial charge in [0.2, 0.25) is 0 Å². The van der Waals surface area contributed by atoms with Crippen LogP contribution in [0.25, 0.3) is 0 Å². The Morgan fingerprint density at radius 3 is 2.94 bits per heavy atom. The number of hydrogen-bond donors (Lipinski definition) is 1. The zero-order valence-corrected chi connectivity index (χ0v) is 10.3. The SMILES string of the molecule is CCc1ncc(CNc2ncccc2C)s1. The van der Waals surface area contributed by atoms with Crippen LogP contribution >= 0.6 is 11.3 Å². The van der Waals surface area contributed by atoms with Crippen molar-refractivity contribution in [3.8, 4) is 0 Å². The third-order valence-corrected chi connectivity index (χ3v) is 3.49. The van der Waals surface area contributed by atoms with E-state index in [1.807, 2.05) is 12.3 Å². The zero-order chi connectivity index (χ0) is 11.4. The van der Waals surface area contributed by atoms with Crippen molar-refractivity contribution < 1.29 is 0 Å². The first-order chi connectivity index (χ1) is 7.79. The molecule has 0 atom stereocenters. The molecule has 0 radical (unpaired) electrons. The van der Waals surface area contributed by atoms with E-state index in [2.05, 4.69) is 35.2 Å². The summed E-state index contributed by atoms with van der Waals surface area (Å²) in [4.78, 5) is 9.87. The molecule has 0 saturated heterocycles. The maximum atomic E-state index is 4.33. The summed E-state index contributed by atoms with van der Waals surface area (Å²) < 4.78 is 0. The van der Waals surface area contributed by atoms with Gasteiger partial charge in [0.15, 0.2) is 0 Å². The lowest BCUT2D eigenvalue weighted by molar-refractivity contribution is 1.08. The van der Waals surface area contributed by atoms with E-state index in [-0.39, 0.29) is 0 Å². The molecule has 2 aromatic rings. The molecular weight excluding hydrogens is 218 g/mol. The van der Waals surface area contributed by atoms with Crippen molar-refractivity contribution >= 4 is 17.2 Å². The third-order valence-electron chi connectivity index (χ3n) is 2.34. The number of nitrogens with zero attached hydrogens (tertiary/aromatic N) is 2. The van der Waals surface area contributed by atoms with E-state index >= 15 is 0 Å². The molecule has 0 spiro atoms. The Morgan fingerprint density at radius 1 is 1.38 bits per heavy atom. The van der Waals surface area contributed by atoms with Crippen LogP contribution in [0.15, 0.2) is 24.5 Å². The third kappa shape index (κ3) is 2.58. The van der Waals surface area contributed by atoms with E-state index in [1.54, 1.807) is 17.5 Å². The standard InChI is InChI=1S/C12H15N3S/c1-3-11-14-7-10(16-11)8-15-12-9(2)5-4-6-13-12/h4-7H,3,8H2,1-2H3,(H,13,15). The van der Waals surface area contributed by atoms with Gasteiger partial charge in [-0.05, 0) is 25.0 Å². The van der Waals surface area contributed by atoms with Crippen molar-refractivity contribution in [3.05, 3.63) is 40.0 Å². The molecule has 4 heteroatoms. The Labute approximate surface area is 99.6 Å². The van der Waals surface area contributed by atoms with Gasteiger partial charge in [0.1, 0.15) is 5.82 Å². The van der Waals surface area contributed by atoms with E-state index in [1.165, 1.54) is 15.4 Å². The molecule has 0 aliphatic carbocycles. The Kier molecular flexibility index (Phi) is 3.51. The van der Waals surface area contributed by atoms with Crippen molar-refractivity contribution in [1.29, 1.82) is 0 Å². The van der Waals surface area contributed by atoms with Gasteiger partial charge in [0.25, 0.3) is 0 Å². The molecule has 0 aromatic carbocycles. The highest BCUT2D eigenvalue weighted by Crippen LogP contribution is 2.16. The molecule has 2 rings (SSSR count). The van der Waals surface area contributed by atoms with Gasteiger partial charge in [-0.2, -0.15) is 0 Å². The van der Waals surface area contributed by atoms with Crippen molar-refractivity contribution in [2.45, 2.75) is 26.8 Å². The molecule has 16 heavy (non-hydrogen) atoms. The van der Waals surface area contributed by atoms with Crippen LogP contribution in [0, 0.1) is 6.92 Å². The van der Waals surface area contributed by atoms with Crippen LogP contribution in [-0.4, -0.2) is 9.97 Å². The van der Waals surface area contributed by atoms with E-state index < -0.39 is 0 Å². The maximum Gasteiger partial charge on any atom is 0.129 e. The number of nitrogens with one attached hydrogen (secondary N) is 1. The maximum absolute atomic E-state index is 4.33. The van der Waals surface area contributed by atoms with Crippen LogP contribution < -0.4 is 5.32 Å². The summed E-state index contributed by atoms with van der Waals surface area (Å²) in [7, 11) is 0. The second kappa shape index (κ2) is 5.07. The smallest absolute Gasteiger partial charge is 0.129 e. The summed E-state index contributed by atoms with van der Waals surface area (Å²) in [5.41, 5.74) is 1.17. The molecule has 0 unspecified atom stereocenters. The Balaban J connectivity index is 1.99. The number of thiazole rings is 1. The van der Waals surface area contributed by atoms with E-state index in [0.717, 1.165) is 18.8 Å². The molecule has 0 fully saturated rings. The minimum absolute atomic E-state index is 0.801. The molecule has 84 valence electrons. The minimum atomic E-state index is 0.801. The quantitative estimate of drug-likeness (QED) is 0.882. The second-order valence-corrected chi connectivity index (χ2v) is 4.80. The summed E-state index contributed by atoms with van der Waals surface area (Å²) in [6.45, 7) is 4.98. The first-order valence-electron chi connectivity index (χ1n) is 5.38. The number of hydrogen-bond acceptors (Lipinski definition) is 4. The first-order valence-corrected chi connectivity index (χ1v) is 6.20. The fourth-order valence-corrected chi connectivity index (χ4v) is 2.24. The molecule has 2 aromatic heterocycles. The lowest BCUT2D eigenvalue weighted by atomic mass is 10.3. The van der Waals surface area contributed by atoms with E-state index in [4.69, 9.17) is 0 Å². The van der Waals surface area contributed by atoms with Gasteiger partial charge in [-0.25, -0.2) is 9.97 Å². The van der Waals surface area contributed by atoms with Crippen LogP contribution in [0.2, 0.25) is 0 Å². The summed E-state index contributed by atoms with van der Waals surface area (Å²) >= 11 is 1.76. The predicted octanol–water partition coefficient (Wildman–Crippen LogP) is 3.02. The highest BCUT2D eigenvalue weighted by molar-refractivity contribution is 7.11. The van der Waals surface area contributed by atoms with Gasteiger partial charge in [-0.3, -0.25) is 0 Å². The molecule has 0 bridgehead atoms. The molecule has 0 aliphatic rings. The summed E-state index contributed by atoms with van der Waals surface area (Å²) in [6.07, 6.45) is 4.75. The molecule has 3 nitrogen and oxygen atoms in total. The van der Waals surface area contributed by atoms with Gasteiger partial charge in [0, 0.05) is 17.3 Å². The monoisotopic (exact) mass is 233 g/mol. The average Bonchev–Trinajstić information content (AvgIpc) is 2.76. The van der Waals surface area contributed by atoms with Gasteiger partial charge >= 0.3 is 0 Å². The lowest BCUT2D eigenvalue weighted by Crippen LogP contribution is -2.01. The number of rotatable bonds is 4. The predicted molar refractivity (Wildman–Crippen MR) is 67.8 cm³/mol. The Morgan fingerprint density at radius 2 is 2.25 bits per heavy atom. The first kappa shape index (κ1) is 11.1. The van der Waals surface area contributed by atoms with Crippen molar-refractivity contribution in [2.75, 3.05) is 5.32 Å². The average molecular weight is 233 g/mol.